The van der Waals surface area contributed by atoms with Crippen molar-refractivity contribution in [2.75, 3.05) is 4.72 Å². The maximum absolute atomic E-state index is 13.5. The molecule has 0 saturated heterocycles. The van der Waals surface area contributed by atoms with E-state index in [1.807, 2.05) is 4.72 Å². The van der Waals surface area contributed by atoms with Crippen molar-refractivity contribution in [2.45, 2.75) is 11.8 Å². The van der Waals surface area contributed by atoms with Gasteiger partial charge in [-0.05, 0) is 18.2 Å². The molecule has 2 rings (SSSR count). The second-order valence-corrected chi connectivity index (χ2v) is 5.87. The van der Waals surface area contributed by atoms with E-state index in [2.05, 4.69) is 26.1 Å². The van der Waals surface area contributed by atoms with Crippen LogP contribution in [0.3, 0.4) is 0 Å². The van der Waals surface area contributed by atoms with Gasteiger partial charge in [0.1, 0.15) is 10.7 Å². The summed E-state index contributed by atoms with van der Waals surface area (Å²) in [6.45, 7) is 1.50. The quantitative estimate of drug-likeness (QED) is 0.928. The lowest BCUT2D eigenvalue weighted by atomic mass is 10.3. The number of hydrogen-bond acceptors (Lipinski definition) is 5. The summed E-state index contributed by atoms with van der Waals surface area (Å²) >= 11 is 3.04. The molecule has 1 aromatic heterocycles. The van der Waals surface area contributed by atoms with E-state index in [4.69, 9.17) is 4.42 Å². The van der Waals surface area contributed by atoms with Gasteiger partial charge in [0.05, 0.1) is 0 Å². The highest BCUT2D eigenvalue weighted by molar-refractivity contribution is 9.10. The van der Waals surface area contributed by atoms with Crippen LogP contribution >= 0.6 is 15.9 Å². The van der Waals surface area contributed by atoms with Gasteiger partial charge in [0, 0.05) is 11.4 Å². The minimum absolute atomic E-state index is 0.198. The molecule has 0 spiro atoms. The molecular formula is C9H7BrFN3O3S. The summed E-state index contributed by atoms with van der Waals surface area (Å²) in [6.07, 6.45) is 0. The zero-order chi connectivity index (χ0) is 13.3. The maximum atomic E-state index is 13.5. The van der Waals surface area contributed by atoms with Crippen LogP contribution in [-0.2, 0) is 10.0 Å². The van der Waals surface area contributed by atoms with Crippen molar-refractivity contribution in [2.24, 2.45) is 0 Å². The summed E-state index contributed by atoms with van der Waals surface area (Å²) in [5.41, 5.74) is 0. The van der Waals surface area contributed by atoms with E-state index in [-0.39, 0.29) is 11.9 Å². The normalized spacial score (nSPS) is 11.5. The van der Waals surface area contributed by atoms with Crippen molar-refractivity contribution in [3.8, 4) is 0 Å². The molecule has 1 aromatic carbocycles. The van der Waals surface area contributed by atoms with Crippen molar-refractivity contribution < 1.29 is 17.2 Å². The topological polar surface area (TPSA) is 85.1 Å². The SMILES string of the molecule is Cc1nnc(NS(=O)(=O)c2ccc(Br)cc2F)o1. The Morgan fingerprint density at radius 2 is 2.11 bits per heavy atom. The van der Waals surface area contributed by atoms with Crippen LogP contribution in [0.25, 0.3) is 0 Å². The Kier molecular flexibility index (Phi) is 3.35. The first kappa shape index (κ1) is 13.0. The molecule has 0 fully saturated rings. The van der Waals surface area contributed by atoms with Crippen molar-refractivity contribution >= 4 is 32.0 Å². The van der Waals surface area contributed by atoms with Crippen molar-refractivity contribution in [3.05, 3.63) is 34.4 Å². The Labute approximate surface area is 110 Å². The molecule has 0 aliphatic rings. The number of anilines is 1. The van der Waals surface area contributed by atoms with E-state index in [0.29, 0.717) is 4.47 Å². The van der Waals surface area contributed by atoms with E-state index in [1.54, 1.807) is 0 Å². The van der Waals surface area contributed by atoms with Gasteiger partial charge in [0.2, 0.25) is 5.89 Å². The number of sulfonamides is 1. The first-order chi connectivity index (χ1) is 8.38. The first-order valence-electron chi connectivity index (χ1n) is 4.66. The van der Waals surface area contributed by atoms with Gasteiger partial charge in [-0.25, -0.2) is 17.5 Å². The fourth-order valence-corrected chi connectivity index (χ4v) is 2.52. The predicted molar refractivity (Wildman–Crippen MR) is 63.9 cm³/mol. The van der Waals surface area contributed by atoms with Gasteiger partial charge in [-0.1, -0.05) is 21.0 Å². The van der Waals surface area contributed by atoms with Gasteiger partial charge < -0.3 is 4.42 Å². The minimum atomic E-state index is -4.09. The molecule has 0 unspecified atom stereocenters. The van der Waals surface area contributed by atoms with Crippen LogP contribution in [0.15, 0.2) is 32.0 Å². The van der Waals surface area contributed by atoms with Gasteiger partial charge >= 0.3 is 6.01 Å². The summed E-state index contributed by atoms with van der Waals surface area (Å²) in [6, 6.07) is 3.28. The van der Waals surface area contributed by atoms with Gasteiger partial charge in [0.25, 0.3) is 10.0 Å². The van der Waals surface area contributed by atoms with E-state index in [0.717, 1.165) is 12.1 Å². The summed E-state index contributed by atoms with van der Waals surface area (Å²) in [5.74, 6) is -0.683. The highest BCUT2D eigenvalue weighted by Gasteiger charge is 2.21. The average molecular weight is 336 g/mol. The molecule has 0 radical (unpaired) electrons. The van der Waals surface area contributed by atoms with Gasteiger partial charge in [-0.15, -0.1) is 5.10 Å². The lowest BCUT2D eigenvalue weighted by Crippen LogP contribution is -2.14. The number of nitrogens with zero attached hydrogens (tertiary/aromatic N) is 2. The molecule has 0 amide bonds. The van der Waals surface area contributed by atoms with Crippen LogP contribution in [0.2, 0.25) is 0 Å². The van der Waals surface area contributed by atoms with Crippen LogP contribution in [0.4, 0.5) is 10.4 Å². The molecule has 0 bridgehead atoms. The van der Waals surface area contributed by atoms with Crippen molar-refractivity contribution in [3.63, 3.8) is 0 Å². The Morgan fingerprint density at radius 3 is 2.67 bits per heavy atom. The molecule has 9 heteroatoms. The van der Waals surface area contributed by atoms with Gasteiger partial charge in [0.15, 0.2) is 0 Å². The number of halogens is 2. The van der Waals surface area contributed by atoms with Crippen LogP contribution in [0.1, 0.15) is 5.89 Å². The monoisotopic (exact) mass is 335 g/mol. The van der Waals surface area contributed by atoms with Crippen LogP contribution in [-0.4, -0.2) is 18.6 Å². The molecule has 6 nitrogen and oxygen atoms in total. The zero-order valence-electron chi connectivity index (χ0n) is 9.02. The van der Waals surface area contributed by atoms with Crippen molar-refractivity contribution in [1.82, 2.24) is 10.2 Å². The number of hydrogen-bond donors (Lipinski definition) is 1. The summed E-state index contributed by atoms with van der Waals surface area (Å²) in [4.78, 5) is -0.499. The third kappa shape index (κ3) is 2.67. The number of benzene rings is 1. The fourth-order valence-electron chi connectivity index (χ4n) is 1.20. The van der Waals surface area contributed by atoms with Gasteiger partial charge in [-0.2, -0.15) is 0 Å². The van der Waals surface area contributed by atoms with E-state index < -0.39 is 20.7 Å². The molecule has 0 atom stereocenters. The number of aryl methyl sites for hydroxylation is 1. The molecular weight excluding hydrogens is 329 g/mol. The zero-order valence-corrected chi connectivity index (χ0v) is 11.4. The molecule has 0 aliphatic carbocycles. The molecule has 0 saturated carbocycles. The lowest BCUT2D eigenvalue weighted by molar-refractivity contribution is 0.533. The predicted octanol–water partition coefficient (Wildman–Crippen LogP) is 2.08. The fraction of sp³-hybridized carbons (Fsp3) is 0.111. The van der Waals surface area contributed by atoms with E-state index >= 15 is 0 Å². The number of nitrogens with one attached hydrogen (secondary N) is 1. The minimum Gasteiger partial charge on any atom is -0.408 e. The molecule has 1 N–H and O–H groups in total. The van der Waals surface area contributed by atoms with E-state index in [1.165, 1.54) is 13.0 Å². The number of rotatable bonds is 3. The molecule has 18 heavy (non-hydrogen) atoms. The Hall–Kier alpha value is -1.48. The van der Waals surface area contributed by atoms with E-state index in [9.17, 15) is 12.8 Å². The molecule has 0 aliphatic heterocycles. The smallest absolute Gasteiger partial charge is 0.329 e. The maximum Gasteiger partial charge on any atom is 0.329 e. The summed E-state index contributed by atoms with van der Waals surface area (Å²) < 4.78 is 44.5. The number of aromatic nitrogens is 2. The van der Waals surface area contributed by atoms with Crippen LogP contribution in [0, 0.1) is 12.7 Å². The molecule has 2 aromatic rings. The Balaban J connectivity index is 2.36. The second-order valence-electron chi connectivity index (χ2n) is 3.31. The largest absolute Gasteiger partial charge is 0.408 e. The average Bonchev–Trinajstić information content (AvgIpc) is 2.62. The summed E-state index contributed by atoms with van der Waals surface area (Å²) in [7, 11) is -4.09. The Bertz CT molecular complexity index is 686. The first-order valence-corrected chi connectivity index (χ1v) is 6.94. The third-order valence-corrected chi connectivity index (χ3v) is 3.78. The summed E-state index contributed by atoms with van der Waals surface area (Å²) in [5, 5.41) is 6.92. The highest BCUT2D eigenvalue weighted by Crippen LogP contribution is 2.21. The Morgan fingerprint density at radius 1 is 1.39 bits per heavy atom. The standard InChI is InChI=1S/C9H7BrFN3O3S/c1-5-12-13-9(17-5)14-18(15,16)8-3-2-6(10)4-7(8)11/h2-4H,1H3,(H,13,14). The molecule has 1 heterocycles. The van der Waals surface area contributed by atoms with Crippen molar-refractivity contribution in [1.29, 1.82) is 0 Å². The van der Waals surface area contributed by atoms with Crippen LogP contribution in [0.5, 0.6) is 0 Å². The third-order valence-electron chi connectivity index (χ3n) is 1.93. The highest BCUT2D eigenvalue weighted by atomic mass is 79.9. The lowest BCUT2D eigenvalue weighted by Gasteiger charge is -2.05. The van der Waals surface area contributed by atoms with Crippen LogP contribution < -0.4 is 4.72 Å². The second kappa shape index (κ2) is 4.65. The van der Waals surface area contributed by atoms with Gasteiger partial charge in [-0.3, -0.25) is 0 Å². The molecule has 96 valence electrons.